The summed E-state index contributed by atoms with van der Waals surface area (Å²) in [5.74, 6) is 0.581. The lowest BCUT2D eigenvalue weighted by atomic mass is 9.80. The zero-order valence-electron chi connectivity index (χ0n) is 9.03. The van der Waals surface area contributed by atoms with Crippen LogP contribution in [0.5, 0.6) is 0 Å². The van der Waals surface area contributed by atoms with E-state index in [4.69, 9.17) is 4.74 Å². The number of fused-ring (bicyclic) bond motifs is 1. The van der Waals surface area contributed by atoms with E-state index in [1.165, 1.54) is 0 Å². The van der Waals surface area contributed by atoms with Gasteiger partial charge in [0.2, 0.25) is 0 Å². The standard InChI is InChI=1S/C10H17N3O/c1-8(2)10(3)6-13-9(4-11-12-13)5-14-7-10/h4,8H,5-7H2,1-3H3. The Hall–Kier alpha value is -0.900. The summed E-state index contributed by atoms with van der Waals surface area (Å²) in [5.41, 5.74) is 1.24. The maximum absolute atomic E-state index is 5.66. The van der Waals surface area contributed by atoms with Crippen LogP contribution in [0.3, 0.4) is 0 Å². The van der Waals surface area contributed by atoms with E-state index in [2.05, 4.69) is 31.1 Å². The number of hydrogen-bond acceptors (Lipinski definition) is 3. The van der Waals surface area contributed by atoms with Crippen LogP contribution in [0.1, 0.15) is 26.5 Å². The molecule has 0 amide bonds. The quantitative estimate of drug-likeness (QED) is 0.681. The Morgan fingerprint density at radius 3 is 3.07 bits per heavy atom. The van der Waals surface area contributed by atoms with Crippen LogP contribution in [0.2, 0.25) is 0 Å². The molecule has 0 fully saturated rings. The minimum Gasteiger partial charge on any atom is -0.374 e. The SMILES string of the molecule is CC(C)C1(C)COCc2cnnn2C1. The minimum absolute atomic E-state index is 0.166. The zero-order chi connectivity index (χ0) is 10.2. The summed E-state index contributed by atoms with van der Waals surface area (Å²) in [6.45, 7) is 9.04. The van der Waals surface area contributed by atoms with Gasteiger partial charge in [-0.15, -0.1) is 5.10 Å². The first-order valence-corrected chi connectivity index (χ1v) is 5.07. The Morgan fingerprint density at radius 2 is 2.36 bits per heavy atom. The summed E-state index contributed by atoms with van der Waals surface area (Å²) >= 11 is 0. The Balaban J connectivity index is 2.27. The summed E-state index contributed by atoms with van der Waals surface area (Å²) in [5, 5.41) is 7.98. The van der Waals surface area contributed by atoms with Gasteiger partial charge in [-0.25, -0.2) is 4.68 Å². The molecule has 0 aromatic carbocycles. The van der Waals surface area contributed by atoms with Gasteiger partial charge in [-0.05, 0) is 5.92 Å². The van der Waals surface area contributed by atoms with Gasteiger partial charge >= 0.3 is 0 Å². The smallest absolute Gasteiger partial charge is 0.0901 e. The average molecular weight is 195 g/mol. The first-order chi connectivity index (χ1) is 6.62. The van der Waals surface area contributed by atoms with Crippen molar-refractivity contribution in [2.24, 2.45) is 11.3 Å². The van der Waals surface area contributed by atoms with E-state index in [0.717, 1.165) is 18.8 Å². The van der Waals surface area contributed by atoms with Crippen molar-refractivity contribution in [3.05, 3.63) is 11.9 Å². The van der Waals surface area contributed by atoms with Crippen LogP contribution in [-0.4, -0.2) is 21.6 Å². The van der Waals surface area contributed by atoms with Crippen LogP contribution in [0.25, 0.3) is 0 Å². The van der Waals surface area contributed by atoms with E-state index in [9.17, 15) is 0 Å². The molecule has 4 nitrogen and oxygen atoms in total. The summed E-state index contributed by atoms with van der Waals surface area (Å²) in [6.07, 6.45) is 1.78. The molecule has 1 aliphatic heterocycles. The van der Waals surface area contributed by atoms with E-state index in [1.54, 1.807) is 6.20 Å². The molecular formula is C10H17N3O. The monoisotopic (exact) mass is 195 g/mol. The van der Waals surface area contributed by atoms with Crippen LogP contribution in [0, 0.1) is 11.3 Å². The number of hydrogen-bond donors (Lipinski definition) is 0. The average Bonchev–Trinajstić information content (AvgIpc) is 2.46. The minimum atomic E-state index is 0.166. The Kier molecular flexibility index (Phi) is 2.31. The topological polar surface area (TPSA) is 39.9 Å². The van der Waals surface area contributed by atoms with Gasteiger partial charge in [-0.2, -0.15) is 0 Å². The zero-order valence-corrected chi connectivity index (χ0v) is 9.03. The highest BCUT2D eigenvalue weighted by atomic mass is 16.5. The van der Waals surface area contributed by atoms with E-state index in [-0.39, 0.29) is 5.41 Å². The van der Waals surface area contributed by atoms with Crippen molar-refractivity contribution < 1.29 is 4.74 Å². The van der Waals surface area contributed by atoms with Gasteiger partial charge in [0.1, 0.15) is 0 Å². The Labute approximate surface area is 84.3 Å². The van der Waals surface area contributed by atoms with E-state index >= 15 is 0 Å². The van der Waals surface area contributed by atoms with Crippen molar-refractivity contribution in [1.29, 1.82) is 0 Å². The maximum atomic E-state index is 5.66. The molecule has 0 spiro atoms. The van der Waals surface area contributed by atoms with Gasteiger partial charge in [0.15, 0.2) is 0 Å². The lowest BCUT2D eigenvalue weighted by Crippen LogP contribution is -2.32. The predicted octanol–water partition coefficient (Wildman–Crippen LogP) is 1.47. The first kappa shape index (κ1) is 9.65. The third kappa shape index (κ3) is 1.54. The number of rotatable bonds is 1. The Morgan fingerprint density at radius 1 is 1.57 bits per heavy atom. The second-order valence-corrected chi connectivity index (χ2v) is 4.68. The first-order valence-electron chi connectivity index (χ1n) is 5.07. The molecule has 2 heterocycles. The molecule has 1 unspecified atom stereocenters. The lowest BCUT2D eigenvalue weighted by molar-refractivity contribution is 0.0216. The molecule has 0 saturated carbocycles. The lowest BCUT2D eigenvalue weighted by Gasteiger charge is -2.31. The van der Waals surface area contributed by atoms with Crippen LogP contribution >= 0.6 is 0 Å². The van der Waals surface area contributed by atoms with Crippen molar-refractivity contribution >= 4 is 0 Å². The third-order valence-electron chi connectivity index (χ3n) is 3.28. The molecule has 0 radical (unpaired) electrons. The number of ether oxygens (including phenoxy) is 1. The second kappa shape index (κ2) is 3.35. The van der Waals surface area contributed by atoms with Gasteiger partial charge in [-0.1, -0.05) is 26.0 Å². The van der Waals surface area contributed by atoms with Crippen LogP contribution in [0.15, 0.2) is 6.20 Å². The number of nitrogens with zero attached hydrogens (tertiary/aromatic N) is 3. The van der Waals surface area contributed by atoms with E-state index in [0.29, 0.717) is 12.5 Å². The molecule has 1 aromatic heterocycles. The molecule has 1 aliphatic rings. The molecule has 0 N–H and O–H groups in total. The van der Waals surface area contributed by atoms with Crippen molar-refractivity contribution in [2.75, 3.05) is 6.61 Å². The molecule has 14 heavy (non-hydrogen) atoms. The van der Waals surface area contributed by atoms with E-state index in [1.807, 2.05) is 4.68 Å². The molecule has 2 rings (SSSR count). The Bertz CT molecular complexity index is 321. The van der Waals surface area contributed by atoms with Crippen LogP contribution in [-0.2, 0) is 17.9 Å². The third-order valence-corrected chi connectivity index (χ3v) is 3.28. The maximum Gasteiger partial charge on any atom is 0.0901 e. The highest BCUT2D eigenvalue weighted by molar-refractivity contribution is 4.95. The molecule has 0 bridgehead atoms. The normalized spacial score (nSPS) is 27.4. The molecule has 0 aliphatic carbocycles. The van der Waals surface area contributed by atoms with Gasteiger partial charge in [0.25, 0.3) is 0 Å². The van der Waals surface area contributed by atoms with Crippen LogP contribution in [0.4, 0.5) is 0 Å². The van der Waals surface area contributed by atoms with Gasteiger partial charge in [0, 0.05) is 5.41 Å². The molecule has 0 saturated heterocycles. The molecular weight excluding hydrogens is 178 g/mol. The summed E-state index contributed by atoms with van der Waals surface area (Å²) < 4.78 is 7.62. The highest BCUT2D eigenvalue weighted by Gasteiger charge is 2.32. The predicted molar refractivity (Wildman–Crippen MR) is 52.6 cm³/mol. The highest BCUT2D eigenvalue weighted by Crippen LogP contribution is 2.31. The second-order valence-electron chi connectivity index (χ2n) is 4.68. The van der Waals surface area contributed by atoms with Crippen molar-refractivity contribution in [3.8, 4) is 0 Å². The van der Waals surface area contributed by atoms with Gasteiger partial charge < -0.3 is 4.74 Å². The van der Waals surface area contributed by atoms with Crippen molar-refractivity contribution in [3.63, 3.8) is 0 Å². The number of aromatic nitrogens is 3. The fourth-order valence-corrected chi connectivity index (χ4v) is 1.65. The molecule has 78 valence electrons. The molecule has 1 atom stereocenters. The van der Waals surface area contributed by atoms with Crippen molar-refractivity contribution in [2.45, 2.75) is 33.9 Å². The fraction of sp³-hybridized carbons (Fsp3) is 0.800. The largest absolute Gasteiger partial charge is 0.374 e. The molecule has 1 aromatic rings. The van der Waals surface area contributed by atoms with E-state index < -0.39 is 0 Å². The van der Waals surface area contributed by atoms with Gasteiger partial charge in [-0.3, -0.25) is 0 Å². The van der Waals surface area contributed by atoms with Crippen molar-refractivity contribution in [1.82, 2.24) is 15.0 Å². The summed E-state index contributed by atoms with van der Waals surface area (Å²) in [4.78, 5) is 0. The fourth-order valence-electron chi connectivity index (χ4n) is 1.65. The van der Waals surface area contributed by atoms with Gasteiger partial charge in [0.05, 0.1) is 31.6 Å². The molecule has 4 heteroatoms. The van der Waals surface area contributed by atoms with Crippen LogP contribution < -0.4 is 0 Å². The summed E-state index contributed by atoms with van der Waals surface area (Å²) in [6, 6.07) is 0. The summed E-state index contributed by atoms with van der Waals surface area (Å²) in [7, 11) is 0.